The van der Waals surface area contributed by atoms with Crippen LogP contribution < -0.4 is 9.47 Å². The summed E-state index contributed by atoms with van der Waals surface area (Å²) >= 11 is 0. The fraction of sp³-hybridized carbons (Fsp3) is 0.448. The first-order valence-electron chi connectivity index (χ1n) is 12.2. The van der Waals surface area contributed by atoms with E-state index in [9.17, 15) is 14.7 Å². The maximum absolute atomic E-state index is 13.5. The summed E-state index contributed by atoms with van der Waals surface area (Å²) < 4.78 is 11.2. The van der Waals surface area contributed by atoms with Crippen LogP contribution in [-0.2, 0) is 15.0 Å². The molecule has 0 spiro atoms. The van der Waals surface area contributed by atoms with E-state index < -0.39 is 17.7 Å². The van der Waals surface area contributed by atoms with E-state index in [1.54, 1.807) is 25.2 Å². The summed E-state index contributed by atoms with van der Waals surface area (Å²) in [6.45, 7) is 8.19. The van der Waals surface area contributed by atoms with Crippen molar-refractivity contribution in [2.45, 2.75) is 70.9 Å². The van der Waals surface area contributed by atoms with Gasteiger partial charge in [-0.25, -0.2) is 0 Å². The third kappa shape index (κ3) is 4.30. The van der Waals surface area contributed by atoms with Crippen LogP contribution in [-0.4, -0.2) is 42.0 Å². The van der Waals surface area contributed by atoms with Crippen LogP contribution in [0.4, 0.5) is 0 Å². The van der Waals surface area contributed by atoms with E-state index in [0.717, 1.165) is 36.8 Å². The summed E-state index contributed by atoms with van der Waals surface area (Å²) in [4.78, 5) is 28.7. The number of methoxy groups -OCH3 is 2. The van der Waals surface area contributed by atoms with E-state index in [1.807, 2.05) is 37.3 Å². The monoisotopic (exact) mass is 477 g/mol. The number of amides is 1. The summed E-state index contributed by atoms with van der Waals surface area (Å²) in [6.07, 6.45) is 3.66. The maximum Gasteiger partial charge on any atom is 0.295 e. The van der Waals surface area contributed by atoms with Crippen molar-refractivity contribution in [1.29, 1.82) is 0 Å². The van der Waals surface area contributed by atoms with E-state index >= 15 is 0 Å². The Morgan fingerprint density at radius 1 is 1.03 bits per heavy atom. The van der Waals surface area contributed by atoms with Crippen molar-refractivity contribution in [3.8, 4) is 11.5 Å². The second-order valence-electron chi connectivity index (χ2n) is 10.5. The van der Waals surface area contributed by atoms with Crippen LogP contribution in [0.15, 0.2) is 42.0 Å². The number of hydrogen-bond donors (Lipinski definition) is 1. The van der Waals surface area contributed by atoms with Crippen molar-refractivity contribution >= 4 is 17.4 Å². The van der Waals surface area contributed by atoms with Gasteiger partial charge in [0.05, 0.1) is 25.8 Å². The van der Waals surface area contributed by atoms with Gasteiger partial charge in [-0.3, -0.25) is 9.59 Å². The zero-order valence-corrected chi connectivity index (χ0v) is 21.5. The van der Waals surface area contributed by atoms with Gasteiger partial charge >= 0.3 is 0 Å². The number of aryl methyl sites for hydroxylation is 1. The lowest BCUT2D eigenvalue weighted by Gasteiger charge is -2.32. The molecule has 4 rings (SSSR count). The van der Waals surface area contributed by atoms with Gasteiger partial charge in [-0.15, -0.1) is 0 Å². The molecule has 186 valence electrons. The summed E-state index contributed by atoms with van der Waals surface area (Å²) in [6, 6.07) is 10.5. The molecule has 1 atom stereocenters. The van der Waals surface area contributed by atoms with Gasteiger partial charge in [0.2, 0.25) is 0 Å². The van der Waals surface area contributed by atoms with Crippen molar-refractivity contribution in [2.75, 3.05) is 14.2 Å². The number of hydrogen-bond acceptors (Lipinski definition) is 5. The van der Waals surface area contributed by atoms with E-state index in [2.05, 4.69) is 20.8 Å². The average molecular weight is 478 g/mol. The third-order valence-corrected chi connectivity index (χ3v) is 7.28. The highest BCUT2D eigenvalue weighted by Crippen LogP contribution is 2.48. The minimum Gasteiger partial charge on any atom is -0.507 e. The molecule has 0 radical (unpaired) electrons. The molecule has 1 unspecified atom stereocenters. The predicted molar refractivity (Wildman–Crippen MR) is 136 cm³/mol. The molecule has 1 N–H and O–H groups in total. The molecule has 1 heterocycles. The smallest absolute Gasteiger partial charge is 0.295 e. The molecule has 1 saturated carbocycles. The Balaban J connectivity index is 1.99. The number of ketones is 1. The highest BCUT2D eigenvalue weighted by atomic mass is 16.5. The van der Waals surface area contributed by atoms with Gasteiger partial charge in [0, 0.05) is 17.2 Å². The quantitative estimate of drug-likeness (QED) is 0.341. The molecule has 0 aromatic heterocycles. The highest BCUT2D eigenvalue weighted by Gasteiger charge is 2.50. The molecule has 1 saturated heterocycles. The van der Waals surface area contributed by atoms with Gasteiger partial charge in [0.25, 0.3) is 11.7 Å². The first-order chi connectivity index (χ1) is 16.6. The number of aliphatic hydroxyl groups is 1. The van der Waals surface area contributed by atoms with Gasteiger partial charge in [-0.05, 0) is 48.4 Å². The average Bonchev–Trinajstić information content (AvgIpc) is 3.44. The molecule has 6 nitrogen and oxygen atoms in total. The number of carbonyl (C=O) groups is 2. The van der Waals surface area contributed by atoms with Gasteiger partial charge in [0.15, 0.2) is 11.5 Å². The Morgan fingerprint density at radius 3 is 2.31 bits per heavy atom. The number of carbonyl (C=O) groups excluding carboxylic acids is 2. The molecule has 1 aliphatic heterocycles. The summed E-state index contributed by atoms with van der Waals surface area (Å²) in [5.74, 6) is -0.422. The Kier molecular flexibility index (Phi) is 6.67. The maximum atomic E-state index is 13.5. The van der Waals surface area contributed by atoms with Gasteiger partial charge in [0.1, 0.15) is 5.76 Å². The fourth-order valence-electron chi connectivity index (χ4n) is 5.33. The number of aliphatic hydroxyl groups excluding tert-OH is 1. The van der Waals surface area contributed by atoms with Crippen LogP contribution in [0.3, 0.4) is 0 Å². The fourth-order valence-corrected chi connectivity index (χ4v) is 5.33. The topological polar surface area (TPSA) is 76.1 Å². The van der Waals surface area contributed by atoms with E-state index in [4.69, 9.17) is 9.47 Å². The largest absolute Gasteiger partial charge is 0.507 e. The standard InChI is InChI=1S/C29H35NO5/c1-17-14-15-18(29(2,3)4)16-21(17)25(31)23-24(20-12-9-13-22(34-5)27(20)35-6)30(28(33)26(23)32)19-10-7-8-11-19/h9,12-16,19,24,31H,7-8,10-11H2,1-6H3/b25-23+. The third-order valence-electron chi connectivity index (χ3n) is 7.28. The number of benzene rings is 2. The number of para-hydroxylation sites is 1. The van der Waals surface area contributed by atoms with Crippen molar-refractivity contribution in [2.24, 2.45) is 0 Å². The molecule has 35 heavy (non-hydrogen) atoms. The van der Waals surface area contributed by atoms with Crippen LogP contribution in [0.2, 0.25) is 0 Å². The first kappa shape index (κ1) is 24.8. The van der Waals surface area contributed by atoms with Crippen LogP contribution >= 0.6 is 0 Å². The minimum atomic E-state index is -0.763. The molecule has 1 aliphatic carbocycles. The zero-order chi connectivity index (χ0) is 25.5. The van der Waals surface area contributed by atoms with Crippen molar-refractivity contribution in [3.05, 3.63) is 64.2 Å². The number of likely N-dealkylation sites (tertiary alicyclic amines) is 1. The summed E-state index contributed by atoms with van der Waals surface area (Å²) in [5.41, 5.74) is 3.01. The SMILES string of the molecule is COc1cccc(C2/C(=C(\O)c3cc(C(C)(C)C)ccc3C)C(=O)C(=O)N2C2CCCC2)c1OC. The summed E-state index contributed by atoms with van der Waals surface area (Å²) in [7, 11) is 3.09. The first-order valence-corrected chi connectivity index (χ1v) is 12.2. The lowest BCUT2D eigenvalue weighted by atomic mass is 9.84. The summed E-state index contributed by atoms with van der Waals surface area (Å²) in [5, 5.41) is 11.7. The van der Waals surface area contributed by atoms with E-state index in [1.165, 1.54) is 0 Å². The number of ether oxygens (including phenoxy) is 2. The molecule has 2 aromatic rings. The van der Waals surface area contributed by atoms with Crippen molar-refractivity contribution < 1.29 is 24.2 Å². The lowest BCUT2D eigenvalue weighted by molar-refractivity contribution is -0.141. The molecule has 2 aromatic carbocycles. The predicted octanol–water partition coefficient (Wildman–Crippen LogP) is 5.67. The molecular weight excluding hydrogens is 442 g/mol. The van der Waals surface area contributed by atoms with Gasteiger partial charge in [-0.2, -0.15) is 0 Å². The number of nitrogens with zero attached hydrogens (tertiary/aromatic N) is 1. The molecule has 2 fully saturated rings. The van der Waals surface area contributed by atoms with Crippen LogP contribution in [0, 0.1) is 6.92 Å². The van der Waals surface area contributed by atoms with E-state index in [-0.39, 0.29) is 22.8 Å². The van der Waals surface area contributed by atoms with Gasteiger partial charge in [-0.1, -0.05) is 57.9 Å². The molecular formula is C29H35NO5. The molecule has 1 amide bonds. The Hall–Kier alpha value is -3.28. The molecule has 2 aliphatic rings. The number of rotatable bonds is 5. The van der Waals surface area contributed by atoms with Crippen molar-refractivity contribution in [1.82, 2.24) is 4.90 Å². The van der Waals surface area contributed by atoms with E-state index in [0.29, 0.717) is 22.6 Å². The minimum absolute atomic E-state index is 0.0698. The lowest BCUT2D eigenvalue weighted by Crippen LogP contribution is -2.37. The molecule has 6 heteroatoms. The van der Waals surface area contributed by atoms with Crippen molar-refractivity contribution in [3.63, 3.8) is 0 Å². The normalized spacial score (nSPS) is 20.5. The van der Waals surface area contributed by atoms with Crippen LogP contribution in [0.5, 0.6) is 11.5 Å². The Morgan fingerprint density at radius 2 is 1.71 bits per heavy atom. The van der Waals surface area contributed by atoms with Crippen LogP contribution in [0.1, 0.15) is 74.8 Å². The second-order valence-corrected chi connectivity index (χ2v) is 10.5. The highest BCUT2D eigenvalue weighted by molar-refractivity contribution is 6.46. The second kappa shape index (κ2) is 9.40. The molecule has 0 bridgehead atoms. The van der Waals surface area contributed by atoms with Crippen LogP contribution in [0.25, 0.3) is 5.76 Å². The zero-order valence-electron chi connectivity index (χ0n) is 21.5. The number of Topliss-reactive ketones (excluding diaryl/α,β-unsaturated/α-hetero) is 1. The van der Waals surface area contributed by atoms with Gasteiger partial charge < -0.3 is 19.5 Å². The Bertz CT molecular complexity index is 1180. The Labute approximate surface area is 207 Å².